The van der Waals surface area contributed by atoms with Gasteiger partial charge in [0.1, 0.15) is 0 Å². The van der Waals surface area contributed by atoms with E-state index in [1.54, 1.807) is 4.90 Å². The van der Waals surface area contributed by atoms with Gasteiger partial charge in [-0.1, -0.05) is 12.1 Å². The Morgan fingerprint density at radius 3 is 2.60 bits per heavy atom. The molecule has 0 atom stereocenters. The van der Waals surface area contributed by atoms with Crippen LogP contribution in [0, 0.1) is 13.8 Å². The van der Waals surface area contributed by atoms with E-state index in [1.807, 2.05) is 32.0 Å². The van der Waals surface area contributed by atoms with Crippen LogP contribution in [0.25, 0.3) is 0 Å². The number of hydrogen-bond acceptors (Lipinski definition) is 3. The number of anilines is 1. The molecule has 1 amide bonds. The highest BCUT2D eigenvalue weighted by Gasteiger charge is 2.31. The zero-order valence-electron chi connectivity index (χ0n) is 11.8. The molecule has 2 rings (SSSR count). The van der Waals surface area contributed by atoms with Crippen molar-refractivity contribution in [3.05, 3.63) is 29.3 Å². The lowest BCUT2D eigenvalue weighted by Gasteiger charge is -2.19. The van der Waals surface area contributed by atoms with Crippen molar-refractivity contribution in [2.24, 2.45) is 0 Å². The van der Waals surface area contributed by atoms with Gasteiger partial charge in [-0.2, -0.15) is 0 Å². The first-order valence-corrected chi connectivity index (χ1v) is 6.78. The van der Waals surface area contributed by atoms with Crippen molar-refractivity contribution >= 4 is 17.6 Å². The summed E-state index contributed by atoms with van der Waals surface area (Å²) in [6.45, 7) is 3.95. The van der Waals surface area contributed by atoms with Crippen LogP contribution in [-0.2, 0) is 9.59 Å². The first kappa shape index (κ1) is 14.5. The van der Waals surface area contributed by atoms with Crippen LogP contribution < -0.4 is 5.32 Å². The molecular formula is C15H20N2O3. The van der Waals surface area contributed by atoms with Crippen LogP contribution in [-0.4, -0.2) is 41.0 Å². The number of aryl methyl sites for hydroxylation is 2. The normalized spacial score (nSPS) is 14.3. The Labute approximate surface area is 118 Å². The number of carbonyl (C=O) groups is 2. The number of hydrogen-bond donors (Lipinski definition) is 2. The second-order valence-corrected chi connectivity index (χ2v) is 5.40. The minimum absolute atomic E-state index is 0.0785. The van der Waals surface area contributed by atoms with E-state index in [0.717, 1.165) is 29.7 Å². The third-order valence-corrected chi connectivity index (χ3v) is 3.42. The number of carboxylic acids is 1. The van der Waals surface area contributed by atoms with Gasteiger partial charge < -0.3 is 10.4 Å². The minimum Gasteiger partial charge on any atom is -0.480 e. The summed E-state index contributed by atoms with van der Waals surface area (Å²) in [6.07, 6.45) is 1.95. The summed E-state index contributed by atoms with van der Waals surface area (Å²) in [5, 5.41) is 11.7. The SMILES string of the molecule is Cc1ccc(C)c(NC(=O)CN(CC(=O)O)C2CC2)c1. The van der Waals surface area contributed by atoms with Crippen LogP contribution in [0.3, 0.4) is 0 Å². The second-order valence-electron chi connectivity index (χ2n) is 5.40. The maximum Gasteiger partial charge on any atom is 0.317 e. The molecule has 0 aliphatic heterocycles. The summed E-state index contributed by atoms with van der Waals surface area (Å²) in [7, 11) is 0. The molecule has 1 aromatic carbocycles. The summed E-state index contributed by atoms with van der Waals surface area (Å²) in [6, 6.07) is 6.12. The Kier molecular flexibility index (Phi) is 4.39. The molecule has 0 heterocycles. The summed E-state index contributed by atoms with van der Waals surface area (Å²) in [4.78, 5) is 24.6. The summed E-state index contributed by atoms with van der Waals surface area (Å²) in [5.41, 5.74) is 2.87. The van der Waals surface area contributed by atoms with E-state index in [2.05, 4.69) is 5.32 Å². The fourth-order valence-corrected chi connectivity index (χ4v) is 2.17. The zero-order valence-corrected chi connectivity index (χ0v) is 11.8. The minimum atomic E-state index is -0.892. The topological polar surface area (TPSA) is 69.6 Å². The van der Waals surface area contributed by atoms with E-state index in [4.69, 9.17) is 5.11 Å². The molecule has 108 valence electrons. The van der Waals surface area contributed by atoms with Gasteiger partial charge in [0, 0.05) is 11.7 Å². The largest absolute Gasteiger partial charge is 0.480 e. The first-order valence-electron chi connectivity index (χ1n) is 6.78. The second kappa shape index (κ2) is 6.05. The van der Waals surface area contributed by atoms with Crippen molar-refractivity contribution in [1.82, 2.24) is 4.90 Å². The number of carboxylic acid groups (broad SMARTS) is 1. The summed E-state index contributed by atoms with van der Waals surface area (Å²) < 4.78 is 0. The number of nitrogens with one attached hydrogen (secondary N) is 1. The summed E-state index contributed by atoms with van der Waals surface area (Å²) >= 11 is 0. The lowest BCUT2D eigenvalue weighted by Crippen LogP contribution is -2.38. The van der Waals surface area contributed by atoms with Crippen molar-refractivity contribution < 1.29 is 14.7 Å². The molecule has 1 aromatic rings. The van der Waals surface area contributed by atoms with Crippen molar-refractivity contribution in [2.45, 2.75) is 32.7 Å². The summed E-state index contributed by atoms with van der Waals surface area (Å²) in [5.74, 6) is -1.05. The monoisotopic (exact) mass is 276 g/mol. The van der Waals surface area contributed by atoms with Crippen molar-refractivity contribution in [3.8, 4) is 0 Å². The molecule has 1 aliphatic rings. The van der Waals surface area contributed by atoms with Crippen LogP contribution in [0.15, 0.2) is 18.2 Å². The number of benzene rings is 1. The molecule has 5 nitrogen and oxygen atoms in total. The van der Waals surface area contributed by atoms with E-state index >= 15 is 0 Å². The lowest BCUT2D eigenvalue weighted by atomic mass is 10.1. The molecule has 1 aliphatic carbocycles. The van der Waals surface area contributed by atoms with Crippen LogP contribution in [0.1, 0.15) is 24.0 Å². The van der Waals surface area contributed by atoms with Gasteiger partial charge in [0.05, 0.1) is 13.1 Å². The van der Waals surface area contributed by atoms with Crippen LogP contribution >= 0.6 is 0 Å². The average molecular weight is 276 g/mol. The average Bonchev–Trinajstić information content (AvgIpc) is 3.16. The van der Waals surface area contributed by atoms with Crippen molar-refractivity contribution in [3.63, 3.8) is 0 Å². The van der Waals surface area contributed by atoms with Gasteiger partial charge >= 0.3 is 5.97 Å². The predicted molar refractivity (Wildman–Crippen MR) is 76.8 cm³/mol. The molecule has 0 radical (unpaired) electrons. The molecule has 2 N–H and O–H groups in total. The molecule has 5 heteroatoms. The maximum atomic E-state index is 12.1. The number of amides is 1. The molecule has 1 fully saturated rings. The smallest absolute Gasteiger partial charge is 0.317 e. The highest BCUT2D eigenvalue weighted by Crippen LogP contribution is 2.26. The van der Waals surface area contributed by atoms with Gasteiger partial charge in [0.2, 0.25) is 5.91 Å². The van der Waals surface area contributed by atoms with Gasteiger partial charge in [-0.05, 0) is 43.9 Å². The molecule has 0 aromatic heterocycles. The predicted octanol–water partition coefficient (Wildman–Crippen LogP) is 1.79. The van der Waals surface area contributed by atoms with Gasteiger partial charge in [-0.15, -0.1) is 0 Å². The quantitative estimate of drug-likeness (QED) is 0.831. The molecule has 20 heavy (non-hydrogen) atoms. The Bertz CT molecular complexity index is 524. The van der Waals surface area contributed by atoms with Crippen LogP contribution in [0.2, 0.25) is 0 Å². The molecule has 0 spiro atoms. The highest BCUT2D eigenvalue weighted by molar-refractivity contribution is 5.93. The molecule has 1 saturated carbocycles. The van der Waals surface area contributed by atoms with Crippen LogP contribution in [0.4, 0.5) is 5.69 Å². The number of carbonyl (C=O) groups excluding carboxylic acids is 1. The van der Waals surface area contributed by atoms with E-state index in [9.17, 15) is 9.59 Å². The Balaban J connectivity index is 1.96. The highest BCUT2D eigenvalue weighted by atomic mass is 16.4. The van der Waals surface area contributed by atoms with Crippen LogP contribution in [0.5, 0.6) is 0 Å². The number of nitrogens with zero attached hydrogens (tertiary/aromatic N) is 1. The van der Waals surface area contributed by atoms with Gasteiger partial charge in [0.15, 0.2) is 0 Å². The third-order valence-electron chi connectivity index (χ3n) is 3.42. The first-order chi connectivity index (χ1) is 9.45. The number of rotatable bonds is 6. The molecular weight excluding hydrogens is 256 g/mol. The zero-order chi connectivity index (χ0) is 14.7. The van der Waals surface area contributed by atoms with Gasteiger partial charge in [-0.25, -0.2) is 0 Å². The van der Waals surface area contributed by atoms with Crippen molar-refractivity contribution in [1.29, 1.82) is 0 Å². The Morgan fingerprint density at radius 1 is 1.30 bits per heavy atom. The van der Waals surface area contributed by atoms with Gasteiger partial charge in [-0.3, -0.25) is 14.5 Å². The standard InChI is InChI=1S/C15H20N2O3/c1-10-3-4-11(2)13(7-10)16-14(18)8-17(9-15(19)20)12-5-6-12/h3-4,7,12H,5-6,8-9H2,1-2H3,(H,16,18)(H,19,20). The lowest BCUT2D eigenvalue weighted by molar-refractivity contribution is -0.138. The maximum absolute atomic E-state index is 12.1. The molecule has 0 bridgehead atoms. The third kappa shape index (κ3) is 4.06. The fraction of sp³-hybridized carbons (Fsp3) is 0.467. The number of aliphatic carboxylic acids is 1. The van der Waals surface area contributed by atoms with E-state index in [1.165, 1.54) is 0 Å². The van der Waals surface area contributed by atoms with Crippen molar-refractivity contribution in [2.75, 3.05) is 18.4 Å². The Morgan fingerprint density at radius 2 is 2.00 bits per heavy atom. The van der Waals surface area contributed by atoms with Gasteiger partial charge in [0.25, 0.3) is 0 Å². The van der Waals surface area contributed by atoms with E-state index in [-0.39, 0.29) is 25.0 Å². The Hall–Kier alpha value is -1.88. The molecule has 0 saturated heterocycles. The molecule has 0 unspecified atom stereocenters. The van der Waals surface area contributed by atoms with E-state index in [0.29, 0.717) is 0 Å². The fourth-order valence-electron chi connectivity index (χ4n) is 2.17. The van der Waals surface area contributed by atoms with E-state index < -0.39 is 5.97 Å².